The molecule has 23 heavy (non-hydrogen) atoms. The van der Waals surface area contributed by atoms with Crippen LogP contribution in [0.5, 0.6) is 5.75 Å². The van der Waals surface area contributed by atoms with E-state index in [1.807, 2.05) is 18.2 Å². The van der Waals surface area contributed by atoms with Crippen molar-refractivity contribution in [3.63, 3.8) is 0 Å². The number of hydrogen-bond donors (Lipinski definition) is 3. The maximum atomic E-state index is 9.50. The number of nitrogens with zero attached hydrogens (tertiary/aromatic N) is 1. The first-order valence-corrected chi connectivity index (χ1v) is 7.99. The van der Waals surface area contributed by atoms with Crippen LogP contribution in [0.15, 0.2) is 36.4 Å². The van der Waals surface area contributed by atoms with Crippen molar-refractivity contribution in [1.82, 2.24) is 9.97 Å². The molecule has 1 heterocycles. The third kappa shape index (κ3) is 3.38. The van der Waals surface area contributed by atoms with E-state index < -0.39 is 0 Å². The highest BCUT2D eigenvalue weighted by Crippen LogP contribution is 2.30. The summed E-state index contributed by atoms with van der Waals surface area (Å²) >= 11 is 12.1. The van der Waals surface area contributed by atoms with E-state index in [0.29, 0.717) is 22.5 Å². The smallest absolute Gasteiger partial charge is 0.201 e. The molecule has 120 valence electrons. The Balaban J connectivity index is 1.78. The minimum absolute atomic E-state index is 0.157. The lowest BCUT2D eigenvalue weighted by Crippen LogP contribution is -2.28. The van der Waals surface area contributed by atoms with E-state index in [-0.39, 0.29) is 11.2 Å². The molecule has 0 amide bonds. The van der Waals surface area contributed by atoms with Crippen LogP contribution in [-0.2, 0) is 5.41 Å². The normalized spacial score (nSPS) is 11.8. The second-order valence-corrected chi connectivity index (χ2v) is 6.97. The maximum Gasteiger partial charge on any atom is 0.201 e. The number of anilines is 1. The Morgan fingerprint density at radius 1 is 1.13 bits per heavy atom. The molecule has 2 aromatic carbocycles. The lowest BCUT2D eigenvalue weighted by atomic mass is 9.84. The van der Waals surface area contributed by atoms with Gasteiger partial charge in [0, 0.05) is 18.0 Å². The number of imidazole rings is 1. The van der Waals surface area contributed by atoms with E-state index >= 15 is 0 Å². The third-order valence-electron chi connectivity index (χ3n) is 3.86. The van der Waals surface area contributed by atoms with Crippen molar-refractivity contribution in [2.45, 2.75) is 19.3 Å². The number of aromatic nitrogens is 2. The first-order chi connectivity index (χ1) is 10.8. The Kier molecular flexibility index (Phi) is 4.13. The average Bonchev–Trinajstić information content (AvgIpc) is 2.90. The highest BCUT2D eigenvalue weighted by atomic mass is 35.5. The van der Waals surface area contributed by atoms with Crippen molar-refractivity contribution in [2.75, 3.05) is 11.9 Å². The van der Waals surface area contributed by atoms with Crippen molar-refractivity contribution in [3.8, 4) is 5.75 Å². The quantitative estimate of drug-likeness (QED) is 0.623. The Labute approximate surface area is 144 Å². The molecule has 0 fully saturated rings. The third-order valence-corrected chi connectivity index (χ3v) is 4.60. The van der Waals surface area contributed by atoms with E-state index in [4.69, 9.17) is 23.2 Å². The van der Waals surface area contributed by atoms with E-state index in [1.54, 1.807) is 18.2 Å². The van der Waals surface area contributed by atoms with Crippen LogP contribution in [0, 0.1) is 0 Å². The molecular weight excluding hydrogens is 333 g/mol. The fourth-order valence-electron chi connectivity index (χ4n) is 2.41. The fraction of sp³-hybridized carbons (Fsp3) is 0.235. The van der Waals surface area contributed by atoms with Gasteiger partial charge in [0.05, 0.1) is 21.1 Å². The zero-order valence-corrected chi connectivity index (χ0v) is 14.3. The van der Waals surface area contributed by atoms with Gasteiger partial charge in [-0.1, -0.05) is 43.1 Å². The predicted molar refractivity (Wildman–Crippen MR) is 95.7 cm³/mol. The SMILES string of the molecule is CC(C)(CNc1nc2ccc(O)cc2[nH]1)c1ccc(Cl)c(Cl)c1. The van der Waals surface area contributed by atoms with Crippen molar-refractivity contribution in [2.24, 2.45) is 0 Å². The number of H-pyrrole nitrogens is 1. The summed E-state index contributed by atoms with van der Waals surface area (Å²) in [7, 11) is 0. The van der Waals surface area contributed by atoms with Gasteiger partial charge in [-0.2, -0.15) is 0 Å². The Bertz CT molecular complexity index is 858. The summed E-state index contributed by atoms with van der Waals surface area (Å²) in [6.45, 7) is 4.90. The largest absolute Gasteiger partial charge is 0.508 e. The van der Waals surface area contributed by atoms with Crippen LogP contribution >= 0.6 is 23.2 Å². The molecule has 1 aromatic heterocycles. The number of phenolic OH excluding ortho intramolecular Hbond substituents is 1. The Morgan fingerprint density at radius 2 is 1.91 bits per heavy atom. The molecule has 0 atom stereocenters. The van der Waals surface area contributed by atoms with Gasteiger partial charge in [-0.25, -0.2) is 4.98 Å². The zero-order valence-electron chi connectivity index (χ0n) is 12.8. The number of aromatic hydroxyl groups is 1. The van der Waals surface area contributed by atoms with Crippen molar-refractivity contribution < 1.29 is 5.11 Å². The second-order valence-electron chi connectivity index (χ2n) is 6.15. The fourth-order valence-corrected chi connectivity index (χ4v) is 2.70. The monoisotopic (exact) mass is 349 g/mol. The van der Waals surface area contributed by atoms with Gasteiger partial charge in [0.25, 0.3) is 0 Å². The molecule has 0 aliphatic heterocycles. The van der Waals surface area contributed by atoms with E-state index in [1.165, 1.54) is 0 Å². The Hall–Kier alpha value is -1.91. The Morgan fingerprint density at radius 3 is 2.65 bits per heavy atom. The number of aromatic amines is 1. The van der Waals surface area contributed by atoms with Crippen molar-refractivity contribution >= 4 is 40.2 Å². The van der Waals surface area contributed by atoms with Gasteiger partial charge in [-0.15, -0.1) is 0 Å². The van der Waals surface area contributed by atoms with Gasteiger partial charge in [-0.05, 0) is 29.8 Å². The molecule has 0 saturated carbocycles. The molecule has 0 bridgehead atoms. The van der Waals surface area contributed by atoms with Crippen LogP contribution in [-0.4, -0.2) is 21.6 Å². The summed E-state index contributed by atoms with van der Waals surface area (Å²) in [4.78, 5) is 7.61. The van der Waals surface area contributed by atoms with Gasteiger partial charge in [-0.3, -0.25) is 0 Å². The molecule has 3 aromatic rings. The van der Waals surface area contributed by atoms with Crippen LogP contribution in [0.2, 0.25) is 10.0 Å². The molecule has 6 heteroatoms. The van der Waals surface area contributed by atoms with E-state index in [9.17, 15) is 5.11 Å². The zero-order chi connectivity index (χ0) is 16.6. The number of fused-ring (bicyclic) bond motifs is 1. The molecule has 0 spiro atoms. The van der Waals surface area contributed by atoms with E-state index in [0.717, 1.165) is 16.6 Å². The first-order valence-electron chi connectivity index (χ1n) is 7.23. The van der Waals surface area contributed by atoms with Crippen LogP contribution in [0.3, 0.4) is 0 Å². The van der Waals surface area contributed by atoms with Gasteiger partial charge in [0.15, 0.2) is 0 Å². The van der Waals surface area contributed by atoms with Crippen LogP contribution in [0.25, 0.3) is 11.0 Å². The van der Waals surface area contributed by atoms with Gasteiger partial charge in [0.1, 0.15) is 5.75 Å². The summed E-state index contributed by atoms with van der Waals surface area (Å²) in [5.74, 6) is 0.877. The van der Waals surface area contributed by atoms with Crippen LogP contribution in [0.1, 0.15) is 19.4 Å². The lowest BCUT2D eigenvalue weighted by Gasteiger charge is -2.26. The summed E-state index contributed by atoms with van der Waals surface area (Å²) in [6.07, 6.45) is 0. The van der Waals surface area contributed by atoms with Crippen LogP contribution < -0.4 is 5.32 Å². The standard InChI is InChI=1S/C17H17Cl2N3O/c1-17(2,10-3-5-12(18)13(19)7-10)9-20-16-21-14-6-4-11(23)8-15(14)22-16/h3-8,23H,9H2,1-2H3,(H2,20,21,22). The molecular formula is C17H17Cl2N3O. The number of hydrogen-bond acceptors (Lipinski definition) is 3. The molecule has 4 nitrogen and oxygen atoms in total. The first kappa shape index (κ1) is 16.0. The molecule has 0 saturated heterocycles. The summed E-state index contributed by atoms with van der Waals surface area (Å²) < 4.78 is 0. The topological polar surface area (TPSA) is 60.9 Å². The molecule has 0 aliphatic carbocycles. The highest BCUT2D eigenvalue weighted by molar-refractivity contribution is 6.42. The average molecular weight is 350 g/mol. The number of nitrogens with one attached hydrogen (secondary N) is 2. The van der Waals surface area contributed by atoms with Gasteiger partial charge >= 0.3 is 0 Å². The van der Waals surface area contributed by atoms with E-state index in [2.05, 4.69) is 29.1 Å². The minimum Gasteiger partial charge on any atom is -0.508 e. The lowest BCUT2D eigenvalue weighted by molar-refractivity contribution is 0.476. The molecule has 3 N–H and O–H groups in total. The predicted octanol–water partition coefficient (Wildman–Crippen LogP) is 4.97. The minimum atomic E-state index is -0.157. The van der Waals surface area contributed by atoms with Crippen molar-refractivity contribution in [3.05, 3.63) is 52.0 Å². The van der Waals surface area contributed by atoms with Gasteiger partial charge in [0.2, 0.25) is 5.95 Å². The van der Waals surface area contributed by atoms with Crippen molar-refractivity contribution in [1.29, 1.82) is 0 Å². The van der Waals surface area contributed by atoms with Crippen LogP contribution in [0.4, 0.5) is 5.95 Å². The summed E-state index contributed by atoms with van der Waals surface area (Å²) in [5, 5.41) is 13.9. The van der Waals surface area contributed by atoms with Gasteiger partial charge < -0.3 is 15.4 Å². The summed E-state index contributed by atoms with van der Waals surface area (Å²) in [6, 6.07) is 10.7. The number of halogens is 2. The molecule has 0 aliphatic rings. The molecule has 0 radical (unpaired) electrons. The number of rotatable bonds is 4. The summed E-state index contributed by atoms with van der Waals surface area (Å²) in [5.41, 5.74) is 2.53. The molecule has 0 unspecified atom stereocenters. The number of benzene rings is 2. The number of phenols is 1. The second kappa shape index (κ2) is 5.95. The maximum absolute atomic E-state index is 9.50. The molecule has 3 rings (SSSR count). The highest BCUT2D eigenvalue weighted by Gasteiger charge is 2.22.